The predicted octanol–water partition coefficient (Wildman–Crippen LogP) is 3.90. The molecule has 5 nitrogen and oxygen atoms in total. The minimum atomic E-state index is -1.00. The largest absolute Gasteiger partial charge is 0.386 e. The maximum Gasteiger partial charge on any atom is 0.157 e. The van der Waals surface area contributed by atoms with Crippen LogP contribution < -0.4 is 0 Å². The summed E-state index contributed by atoms with van der Waals surface area (Å²) in [7, 11) is 0. The van der Waals surface area contributed by atoms with Crippen LogP contribution in [0.25, 0.3) is 0 Å². The second-order valence-electron chi connectivity index (χ2n) is 11.5. The molecule has 5 aliphatic rings. The van der Waals surface area contributed by atoms with Gasteiger partial charge in [0.15, 0.2) is 5.78 Å². The number of hydrogen-bond donors (Lipinski definition) is 1. The average Bonchev–Trinajstić information content (AvgIpc) is 3.08. The van der Waals surface area contributed by atoms with E-state index in [1.807, 2.05) is 0 Å². The molecule has 5 fully saturated rings. The number of aromatic nitrogens is 2. The number of nitrogens with zero attached hydrogens (tertiary/aromatic N) is 3. The van der Waals surface area contributed by atoms with E-state index < -0.39 is 11.8 Å². The number of aliphatic hydroxyl groups is 1. The van der Waals surface area contributed by atoms with Crippen molar-refractivity contribution in [3.63, 3.8) is 0 Å². The first-order valence-electron chi connectivity index (χ1n) is 12.2. The molecule has 166 valence electrons. The van der Waals surface area contributed by atoms with Crippen LogP contribution in [0.15, 0.2) is 12.4 Å². The molecule has 0 bridgehead atoms. The van der Waals surface area contributed by atoms with E-state index in [4.69, 9.17) is 5.26 Å². The number of hydrogen-bond acceptors (Lipinski definition) is 4. The van der Waals surface area contributed by atoms with Crippen molar-refractivity contribution in [1.82, 2.24) is 9.78 Å². The van der Waals surface area contributed by atoms with Crippen LogP contribution >= 0.6 is 0 Å². The first-order chi connectivity index (χ1) is 14.9. The van der Waals surface area contributed by atoms with Crippen LogP contribution in [0.4, 0.5) is 4.39 Å². The third kappa shape index (κ3) is 2.68. The number of halogens is 1. The molecule has 0 aromatic carbocycles. The highest BCUT2D eigenvalue weighted by Gasteiger charge is 2.72. The highest BCUT2D eigenvalue weighted by Crippen LogP contribution is 2.69. The van der Waals surface area contributed by atoms with Gasteiger partial charge in [-0.2, -0.15) is 10.4 Å². The molecule has 1 aromatic heterocycles. The Labute approximate surface area is 183 Å². The molecule has 0 amide bonds. The normalized spacial score (nSPS) is 49.9. The predicted molar refractivity (Wildman–Crippen MR) is 111 cm³/mol. The van der Waals surface area contributed by atoms with Crippen molar-refractivity contribution in [1.29, 1.82) is 5.26 Å². The van der Waals surface area contributed by atoms with Gasteiger partial charge in [0.05, 0.1) is 18.3 Å². The summed E-state index contributed by atoms with van der Waals surface area (Å²) in [6.07, 6.45) is 10.3. The monoisotopic (exact) mass is 425 g/mol. The lowest BCUT2D eigenvalue weighted by atomic mass is 9.49. The van der Waals surface area contributed by atoms with Crippen molar-refractivity contribution in [3.8, 4) is 6.07 Å². The number of carbonyl (C=O) groups excluding carboxylic acids is 1. The van der Waals surface area contributed by atoms with Gasteiger partial charge in [-0.1, -0.05) is 6.92 Å². The summed E-state index contributed by atoms with van der Waals surface area (Å²) in [6.45, 7) is 2.60. The first kappa shape index (κ1) is 19.9. The van der Waals surface area contributed by atoms with Gasteiger partial charge in [0.2, 0.25) is 0 Å². The summed E-state index contributed by atoms with van der Waals surface area (Å²) in [5.74, 6) is 3.03. The third-order valence-electron chi connectivity index (χ3n) is 10.5. The summed E-state index contributed by atoms with van der Waals surface area (Å²) in [4.78, 5) is 13.3. The molecule has 31 heavy (non-hydrogen) atoms. The number of ketones is 1. The van der Waals surface area contributed by atoms with E-state index in [0.717, 1.165) is 44.9 Å². The van der Waals surface area contributed by atoms with E-state index >= 15 is 0 Å². The second-order valence-corrected chi connectivity index (χ2v) is 11.5. The molecule has 0 aliphatic heterocycles. The Morgan fingerprint density at radius 2 is 1.94 bits per heavy atom. The molecule has 5 aliphatic carbocycles. The highest BCUT2D eigenvalue weighted by molar-refractivity contribution is 5.82. The molecule has 1 N–H and O–H groups in total. The lowest BCUT2D eigenvalue weighted by Crippen LogP contribution is -2.50. The molecule has 1 heterocycles. The standard InChI is InChI=1S/C25H32FN3O2/c1-24-8-6-15-16-7-9-25(31)22(23(25)26)18(16)3-2-17(15)19(24)4-5-20(24)21(30)13-29-12-14(10-27)11-28-29/h11-12,15-20,22-23,31H,2-9,13H2,1H3. The molecular weight excluding hydrogens is 393 g/mol. The van der Waals surface area contributed by atoms with Gasteiger partial charge in [0.1, 0.15) is 17.8 Å². The number of nitriles is 1. The lowest BCUT2D eigenvalue weighted by Gasteiger charge is -2.55. The maximum absolute atomic E-state index is 14.4. The number of Topliss-reactive ketones (excluding diaryl/α,β-unsaturated/α-hetero) is 1. The van der Waals surface area contributed by atoms with Gasteiger partial charge in [-0.05, 0) is 86.4 Å². The molecular formula is C25H32FN3O2. The van der Waals surface area contributed by atoms with Crippen molar-refractivity contribution in [2.24, 2.45) is 46.8 Å². The Kier molecular flexibility index (Phi) is 4.26. The molecule has 6 rings (SSSR count). The minimum absolute atomic E-state index is 0.0495. The molecule has 0 saturated heterocycles. The Morgan fingerprint density at radius 1 is 1.19 bits per heavy atom. The van der Waals surface area contributed by atoms with Gasteiger partial charge in [-0.3, -0.25) is 9.48 Å². The van der Waals surface area contributed by atoms with Crippen molar-refractivity contribution in [2.75, 3.05) is 0 Å². The van der Waals surface area contributed by atoms with Crippen molar-refractivity contribution in [2.45, 2.75) is 76.6 Å². The number of alkyl halides is 1. The van der Waals surface area contributed by atoms with Gasteiger partial charge in [0, 0.05) is 18.0 Å². The number of rotatable bonds is 3. The Hall–Kier alpha value is -1.74. The molecule has 10 unspecified atom stereocenters. The van der Waals surface area contributed by atoms with Crippen LogP contribution in [0, 0.1) is 58.2 Å². The van der Waals surface area contributed by atoms with Gasteiger partial charge >= 0.3 is 0 Å². The lowest BCUT2D eigenvalue weighted by molar-refractivity contribution is -0.131. The summed E-state index contributed by atoms with van der Waals surface area (Å²) < 4.78 is 16.0. The summed E-state index contributed by atoms with van der Waals surface area (Å²) in [5, 5.41) is 23.7. The van der Waals surface area contributed by atoms with Gasteiger partial charge in [0.25, 0.3) is 0 Å². The summed E-state index contributed by atoms with van der Waals surface area (Å²) in [6, 6.07) is 2.07. The Balaban J connectivity index is 1.19. The van der Waals surface area contributed by atoms with E-state index in [1.54, 1.807) is 10.9 Å². The fourth-order valence-electron chi connectivity index (χ4n) is 9.06. The summed E-state index contributed by atoms with van der Waals surface area (Å²) in [5.41, 5.74) is -0.459. The van der Waals surface area contributed by atoms with Crippen LogP contribution in [-0.2, 0) is 11.3 Å². The molecule has 1 aromatic rings. The molecule has 0 radical (unpaired) electrons. The van der Waals surface area contributed by atoms with E-state index in [9.17, 15) is 14.3 Å². The molecule has 5 saturated carbocycles. The van der Waals surface area contributed by atoms with Gasteiger partial charge in [-0.15, -0.1) is 0 Å². The van der Waals surface area contributed by atoms with Crippen LogP contribution in [0.2, 0.25) is 0 Å². The van der Waals surface area contributed by atoms with Crippen LogP contribution in [0.1, 0.15) is 63.9 Å². The fourth-order valence-corrected chi connectivity index (χ4v) is 9.06. The Morgan fingerprint density at radius 3 is 2.71 bits per heavy atom. The maximum atomic E-state index is 14.4. The minimum Gasteiger partial charge on any atom is -0.386 e. The second kappa shape index (κ2) is 6.63. The van der Waals surface area contributed by atoms with Gasteiger partial charge < -0.3 is 5.11 Å². The number of carbonyl (C=O) groups is 1. The zero-order chi connectivity index (χ0) is 21.5. The molecule has 0 spiro atoms. The number of fused-ring (bicyclic) bond motifs is 7. The summed E-state index contributed by atoms with van der Waals surface area (Å²) >= 11 is 0. The van der Waals surface area contributed by atoms with Crippen LogP contribution in [0.5, 0.6) is 0 Å². The van der Waals surface area contributed by atoms with Crippen molar-refractivity contribution in [3.05, 3.63) is 18.0 Å². The first-order valence-corrected chi connectivity index (χ1v) is 12.2. The van der Waals surface area contributed by atoms with E-state index in [2.05, 4.69) is 18.1 Å². The van der Waals surface area contributed by atoms with Crippen molar-refractivity contribution < 1.29 is 14.3 Å². The third-order valence-corrected chi connectivity index (χ3v) is 10.5. The highest BCUT2D eigenvalue weighted by atomic mass is 19.1. The van der Waals surface area contributed by atoms with Crippen molar-refractivity contribution >= 4 is 5.78 Å². The topological polar surface area (TPSA) is 78.9 Å². The molecule has 10 atom stereocenters. The smallest absolute Gasteiger partial charge is 0.157 e. The van der Waals surface area contributed by atoms with E-state index in [0.29, 0.717) is 41.6 Å². The SMILES string of the molecule is CC12CCC3C4CCC5(O)C(F)C5C4CCC3C1CCC2C(=O)Cn1cc(C#N)cn1. The zero-order valence-electron chi connectivity index (χ0n) is 18.2. The average molecular weight is 426 g/mol. The molecule has 6 heteroatoms. The van der Waals surface area contributed by atoms with E-state index in [-0.39, 0.29) is 29.6 Å². The van der Waals surface area contributed by atoms with E-state index in [1.165, 1.54) is 6.20 Å². The Bertz CT molecular complexity index is 955. The van der Waals surface area contributed by atoms with Crippen LogP contribution in [0.3, 0.4) is 0 Å². The van der Waals surface area contributed by atoms with Gasteiger partial charge in [-0.25, -0.2) is 4.39 Å². The van der Waals surface area contributed by atoms with Crippen LogP contribution in [-0.4, -0.2) is 32.4 Å². The zero-order valence-corrected chi connectivity index (χ0v) is 18.2. The quantitative estimate of drug-likeness (QED) is 0.797. The fraction of sp³-hybridized carbons (Fsp3) is 0.800.